The second kappa shape index (κ2) is 8.17. The number of nitrogens with zero attached hydrogens (tertiary/aromatic N) is 1. The molecule has 24 heavy (non-hydrogen) atoms. The standard InChI is InChI=1S/C20H24ClNOS/c1-15-4-6-16(7-5-15)13-17-3-2-12-22(14-17)20(23)11-9-18-8-10-19(21)24-18/h4-8,10,17H,2-3,9,11-14H2,1H3/t17-/m0/s1. The molecule has 0 bridgehead atoms. The minimum atomic E-state index is 0.285. The van der Waals surface area contributed by atoms with Gasteiger partial charge in [-0.05, 0) is 56.2 Å². The van der Waals surface area contributed by atoms with E-state index in [2.05, 4.69) is 36.1 Å². The summed E-state index contributed by atoms with van der Waals surface area (Å²) in [6.45, 7) is 3.93. The number of hydrogen-bond acceptors (Lipinski definition) is 2. The Morgan fingerprint density at radius 1 is 1.25 bits per heavy atom. The molecule has 1 aliphatic heterocycles. The molecule has 2 heterocycles. The second-order valence-corrected chi connectivity index (χ2v) is 8.54. The average molecular weight is 362 g/mol. The Kier molecular flexibility index (Phi) is 5.96. The van der Waals surface area contributed by atoms with Crippen LogP contribution in [0, 0.1) is 12.8 Å². The number of benzene rings is 1. The number of carbonyl (C=O) groups excluding carboxylic acids is 1. The first kappa shape index (κ1) is 17.5. The summed E-state index contributed by atoms with van der Waals surface area (Å²) < 4.78 is 0.800. The summed E-state index contributed by atoms with van der Waals surface area (Å²) >= 11 is 7.53. The second-order valence-electron chi connectivity index (χ2n) is 6.74. The molecule has 0 unspecified atom stereocenters. The Balaban J connectivity index is 1.50. The largest absolute Gasteiger partial charge is 0.342 e. The van der Waals surface area contributed by atoms with Gasteiger partial charge >= 0.3 is 0 Å². The minimum absolute atomic E-state index is 0.285. The van der Waals surface area contributed by atoms with E-state index in [0.29, 0.717) is 12.3 Å². The molecule has 4 heteroatoms. The molecule has 3 rings (SSSR count). The summed E-state index contributed by atoms with van der Waals surface area (Å²) in [7, 11) is 0. The van der Waals surface area contributed by atoms with Crippen LogP contribution in [0.1, 0.15) is 35.3 Å². The molecule has 0 spiro atoms. The SMILES string of the molecule is Cc1ccc(C[C@@H]2CCCN(C(=O)CCc3ccc(Cl)s3)C2)cc1. The molecular formula is C20H24ClNOS. The lowest BCUT2D eigenvalue weighted by Crippen LogP contribution is -2.40. The molecule has 1 aromatic carbocycles. The molecule has 2 nitrogen and oxygen atoms in total. The third-order valence-electron chi connectivity index (χ3n) is 4.73. The lowest BCUT2D eigenvalue weighted by Gasteiger charge is -2.33. The van der Waals surface area contributed by atoms with Gasteiger partial charge in [0.25, 0.3) is 0 Å². The highest BCUT2D eigenvalue weighted by Crippen LogP contribution is 2.24. The smallest absolute Gasteiger partial charge is 0.222 e. The zero-order chi connectivity index (χ0) is 16.9. The molecule has 0 aliphatic carbocycles. The quantitative estimate of drug-likeness (QED) is 0.723. The first-order chi connectivity index (χ1) is 11.6. The number of rotatable bonds is 5. The zero-order valence-electron chi connectivity index (χ0n) is 14.1. The topological polar surface area (TPSA) is 20.3 Å². The summed E-state index contributed by atoms with van der Waals surface area (Å²) in [5.74, 6) is 0.870. The van der Waals surface area contributed by atoms with Crippen LogP contribution in [0.3, 0.4) is 0 Å². The molecule has 0 saturated carbocycles. The van der Waals surface area contributed by atoms with Crippen molar-refractivity contribution >= 4 is 28.8 Å². The number of carbonyl (C=O) groups is 1. The van der Waals surface area contributed by atoms with E-state index >= 15 is 0 Å². The summed E-state index contributed by atoms with van der Waals surface area (Å²) in [6, 6.07) is 12.7. The molecule has 1 aliphatic rings. The van der Waals surface area contributed by atoms with Crippen LogP contribution in [0.4, 0.5) is 0 Å². The van der Waals surface area contributed by atoms with Gasteiger partial charge in [0.15, 0.2) is 0 Å². The Morgan fingerprint density at radius 2 is 2.04 bits per heavy atom. The number of halogens is 1. The van der Waals surface area contributed by atoms with Crippen molar-refractivity contribution in [2.24, 2.45) is 5.92 Å². The fourth-order valence-electron chi connectivity index (χ4n) is 3.39. The van der Waals surface area contributed by atoms with Gasteiger partial charge in [-0.25, -0.2) is 0 Å². The molecule has 1 amide bonds. The molecular weight excluding hydrogens is 338 g/mol. The molecule has 128 valence electrons. The number of likely N-dealkylation sites (tertiary alicyclic amines) is 1. The van der Waals surface area contributed by atoms with E-state index in [1.54, 1.807) is 11.3 Å². The van der Waals surface area contributed by atoms with Gasteiger partial charge in [-0.2, -0.15) is 0 Å². The van der Waals surface area contributed by atoms with Gasteiger partial charge in [0, 0.05) is 24.4 Å². The van der Waals surface area contributed by atoms with Crippen molar-refractivity contribution in [3.05, 3.63) is 56.7 Å². The number of thiophene rings is 1. The van der Waals surface area contributed by atoms with Crippen LogP contribution in [0.5, 0.6) is 0 Å². The highest BCUT2D eigenvalue weighted by atomic mass is 35.5. The van der Waals surface area contributed by atoms with Crippen molar-refractivity contribution < 1.29 is 4.79 Å². The van der Waals surface area contributed by atoms with E-state index in [1.807, 2.05) is 12.1 Å². The summed E-state index contributed by atoms with van der Waals surface area (Å²) in [4.78, 5) is 15.8. The lowest BCUT2D eigenvalue weighted by molar-refractivity contribution is -0.132. The van der Waals surface area contributed by atoms with Crippen LogP contribution >= 0.6 is 22.9 Å². The number of hydrogen-bond donors (Lipinski definition) is 0. The number of piperidine rings is 1. The summed E-state index contributed by atoms with van der Waals surface area (Å²) in [6.07, 6.45) is 4.80. The Labute approximate surface area is 153 Å². The van der Waals surface area contributed by atoms with Gasteiger partial charge < -0.3 is 4.90 Å². The minimum Gasteiger partial charge on any atom is -0.342 e. The van der Waals surface area contributed by atoms with Crippen LogP contribution in [-0.4, -0.2) is 23.9 Å². The summed E-state index contributed by atoms with van der Waals surface area (Å²) in [5.41, 5.74) is 2.68. The molecule has 0 N–H and O–H groups in total. The van der Waals surface area contributed by atoms with E-state index < -0.39 is 0 Å². The van der Waals surface area contributed by atoms with Crippen LogP contribution < -0.4 is 0 Å². The van der Waals surface area contributed by atoms with E-state index in [1.165, 1.54) is 22.4 Å². The van der Waals surface area contributed by atoms with Crippen molar-refractivity contribution in [3.8, 4) is 0 Å². The van der Waals surface area contributed by atoms with Crippen LogP contribution in [-0.2, 0) is 17.6 Å². The Morgan fingerprint density at radius 3 is 2.75 bits per heavy atom. The molecule has 1 aromatic heterocycles. The van der Waals surface area contributed by atoms with Crippen molar-refractivity contribution in [3.63, 3.8) is 0 Å². The van der Waals surface area contributed by atoms with E-state index in [9.17, 15) is 4.79 Å². The van der Waals surface area contributed by atoms with Gasteiger partial charge in [-0.1, -0.05) is 41.4 Å². The third kappa shape index (κ3) is 4.84. The normalized spacial score (nSPS) is 17.9. The average Bonchev–Trinajstić information content (AvgIpc) is 3.00. The highest BCUT2D eigenvalue weighted by molar-refractivity contribution is 7.16. The molecule has 1 fully saturated rings. The predicted molar refractivity (Wildman–Crippen MR) is 102 cm³/mol. The molecule has 0 radical (unpaired) electrons. The van der Waals surface area contributed by atoms with Gasteiger partial charge in [-0.3, -0.25) is 4.79 Å². The lowest BCUT2D eigenvalue weighted by atomic mass is 9.91. The Bertz CT molecular complexity index is 679. The molecule has 1 saturated heterocycles. The van der Waals surface area contributed by atoms with Crippen molar-refractivity contribution in [1.82, 2.24) is 4.90 Å². The van der Waals surface area contributed by atoms with E-state index in [-0.39, 0.29) is 5.91 Å². The highest BCUT2D eigenvalue weighted by Gasteiger charge is 2.23. The van der Waals surface area contributed by atoms with Gasteiger partial charge in [-0.15, -0.1) is 11.3 Å². The van der Waals surface area contributed by atoms with Crippen molar-refractivity contribution in [1.29, 1.82) is 0 Å². The maximum Gasteiger partial charge on any atom is 0.222 e. The van der Waals surface area contributed by atoms with Crippen LogP contribution in [0.15, 0.2) is 36.4 Å². The third-order valence-corrected chi connectivity index (χ3v) is 6.02. The van der Waals surface area contributed by atoms with Crippen LogP contribution in [0.2, 0.25) is 4.34 Å². The van der Waals surface area contributed by atoms with Gasteiger partial charge in [0.2, 0.25) is 5.91 Å². The van der Waals surface area contributed by atoms with Gasteiger partial charge in [0.1, 0.15) is 0 Å². The zero-order valence-corrected chi connectivity index (χ0v) is 15.7. The fourth-order valence-corrected chi connectivity index (χ4v) is 4.48. The maximum atomic E-state index is 12.5. The molecule has 2 aromatic rings. The van der Waals surface area contributed by atoms with Crippen LogP contribution in [0.25, 0.3) is 0 Å². The maximum absolute atomic E-state index is 12.5. The van der Waals surface area contributed by atoms with E-state index in [4.69, 9.17) is 11.6 Å². The Hall–Kier alpha value is -1.32. The summed E-state index contributed by atoms with van der Waals surface area (Å²) in [5, 5.41) is 0. The fraction of sp³-hybridized carbons (Fsp3) is 0.450. The monoisotopic (exact) mass is 361 g/mol. The first-order valence-corrected chi connectivity index (χ1v) is 9.87. The number of amides is 1. The van der Waals surface area contributed by atoms with Crippen molar-refractivity contribution in [2.45, 2.75) is 39.0 Å². The predicted octanol–water partition coefficient (Wildman–Crippen LogP) is 5.12. The molecule has 1 atom stereocenters. The first-order valence-electron chi connectivity index (χ1n) is 8.67. The van der Waals surface area contributed by atoms with Gasteiger partial charge in [0.05, 0.1) is 4.34 Å². The van der Waals surface area contributed by atoms with Crippen molar-refractivity contribution in [2.75, 3.05) is 13.1 Å². The van der Waals surface area contributed by atoms with E-state index in [0.717, 1.165) is 36.7 Å². The number of aryl methyl sites for hydroxylation is 2.